The normalized spacial score (nSPS) is 10.4. The first-order valence-corrected chi connectivity index (χ1v) is 3.44. The van der Waals surface area contributed by atoms with Crippen molar-refractivity contribution in [2.75, 3.05) is 11.9 Å². The van der Waals surface area contributed by atoms with E-state index in [0.717, 1.165) is 0 Å². The number of furan rings is 1. The van der Waals surface area contributed by atoms with Gasteiger partial charge in [-0.1, -0.05) is 0 Å². The van der Waals surface area contributed by atoms with Crippen LogP contribution >= 0.6 is 0 Å². The number of hydrogen-bond donors (Lipinski definition) is 2. The zero-order valence-corrected chi connectivity index (χ0v) is 6.46. The number of aromatic carboxylic acids is 1. The highest BCUT2D eigenvalue weighted by Crippen LogP contribution is 2.13. The van der Waals surface area contributed by atoms with Crippen LogP contribution in [0.5, 0.6) is 0 Å². The Hall–Kier alpha value is -1.59. The quantitative estimate of drug-likeness (QED) is 0.759. The third kappa shape index (κ3) is 2.73. The molecule has 0 amide bonds. The van der Waals surface area contributed by atoms with Crippen molar-refractivity contribution in [3.63, 3.8) is 0 Å². The van der Waals surface area contributed by atoms with E-state index in [1.54, 1.807) is 0 Å². The maximum atomic E-state index is 11.7. The van der Waals surface area contributed by atoms with Gasteiger partial charge in [-0.15, -0.1) is 0 Å². The van der Waals surface area contributed by atoms with E-state index in [9.17, 15) is 13.6 Å². The van der Waals surface area contributed by atoms with Gasteiger partial charge in [0.15, 0.2) is 5.88 Å². The maximum absolute atomic E-state index is 11.7. The minimum absolute atomic E-state index is 0.0256. The summed E-state index contributed by atoms with van der Waals surface area (Å²) in [5, 5.41) is 10.6. The summed E-state index contributed by atoms with van der Waals surface area (Å²) in [6.45, 7) is -0.563. The fourth-order valence-electron chi connectivity index (χ4n) is 0.726. The number of carbonyl (C=O) groups is 1. The molecule has 0 aliphatic rings. The molecule has 0 atom stereocenters. The van der Waals surface area contributed by atoms with E-state index in [0.29, 0.717) is 0 Å². The van der Waals surface area contributed by atoms with E-state index in [-0.39, 0.29) is 11.6 Å². The highest BCUT2D eigenvalue weighted by atomic mass is 19.3. The molecule has 0 saturated carbocycles. The average Bonchev–Trinajstić information content (AvgIpc) is 2.48. The van der Waals surface area contributed by atoms with Crippen molar-refractivity contribution in [1.29, 1.82) is 0 Å². The summed E-state index contributed by atoms with van der Waals surface area (Å²) in [6.07, 6.45) is -2.50. The average molecular weight is 191 g/mol. The van der Waals surface area contributed by atoms with Crippen molar-refractivity contribution in [3.8, 4) is 0 Å². The van der Waals surface area contributed by atoms with Gasteiger partial charge >= 0.3 is 5.97 Å². The molecule has 2 N–H and O–H groups in total. The van der Waals surface area contributed by atoms with E-state index in [2.05, 4.69) is 9.73 Å². The van der Waals surface area contributed by atoms with Gasteiger partial charge in [0.2, 0.25) is 5.76 Å². The molecule has 4 nitrogen and oxygen atoms in total. The molecule has 1 aromatic heterocycles. The van der Waals surface area contributed by atoms with Gasteiger partial charge in [0.1, 0.15) is 0 Å². The van der Waals surface area contributed by atoms with E-state index in [1.807, 2.05) is 0 Å². The summed E-state index contributed by atoms with van der Waals surface area (Å²) < 4.78 is 28.0. The van der Waals surface area contributed by atoms with E-state index in [4.69, 9.17) is 5.11 Å². The van der Waals surface area contributed by atoms with Gasteiger partial charge in [-0.05, 0) is 6.07 Å². The third-order valence-electron chi connectivity index (χ3n) is 1.25. The first-order chi connectivity index (χ1) is 6.09. The van der Waals surface area contributed by atoms with E-state index < -0.39 is 18.9 Å². The Bertz CT molecular complexity index is 298. The molecule has 0 aliphatic heterocycles. The molecule has 0 spiro atoms. The monoisotopic (exact) mass is 191 g/mol. The second-order valence-corrected chi connectivity index (χ2v) is 2.24. The maximum Gasteiger partial charge on any atom is 0.371 e. The molecule has 13 heavy (non-hydrogen) atoms. The molecular formula is C7H7F2NO3. The van der Waals surface area contributed by atoms with Gasteiger partial charge < -0.3 is 14.8 Å². The molecule has 1 heterocycles. The molecule has 6 heteroatoms. The minimum atomic E-state index is -2.50. The zero-order chi connectivity index (χ0) is 9.84. The Morgan fingerprint density at radius 3 is 2.77 bits per heavy atom. The summed E-state index contributed by atoms with van der Waals surface area (Å²) >= 11 is 0. The molecule has 0 radical (unpaired) electrons. The molecule has 0 unspecified atom stereocenters. The van der Waals surface area contributed by atoms with Crippen LogP contribution in [0.1, 0.15) is 10.6 Å². The van der Waals surface area contributed by atoms with Crippen LogP contribution in [0.3, 0.4) is 0 Å². The van der Waals surface area contributed by atoms with Crippen LogP contribution in [-0.4, -0.2) is 24.0 Å². The number of nitrogens with one attached hydrogen (secondary N) is 1. The lowest BCUT2D eigenvalue weighted by Gasteiger charge is -1.99. The molecule has 1 aromatic rings. The van der Waals surface area contributed by atoms with E-state index in [1.165, 1.54) is 12.1 Å². The van der Waals surface area contributed by atoms with Crippen LogP contribution in [0.2, 0.25) is 0 Å². The second kappa shape index (κ2) is 3.88. The van der Waals surface area contributed by atoms with Crippen molar-refractivity contribution in [1.82, 2.24) is 0 Å². The molecule has 0 aliphatic carbocycles. The summed E-state index contributed by atoms with van der Waals surface area (Å²) in [5.41, 5.74) is 0. The molecular weight excluding hydrogens is 184 g/mol. The number of rotatable bonds is 4. The van der Waals surface area contributed by atoms with Gasteiger partial charge in [0, 0.05) is 6.07 Å². The van der Waals surface area contributed by atoms with Crippen LogP contribution < -0.4 is 5.32 Å². The van der Waals surface area contributed by atoms with Gasteiger partial charge in [0.25, 0.3) is 6.43 Å². The van der Waals surface area contributed by atoms with Gasteiger partial charge in [-0.2, -0.15) is 0 Å². The topological polar surface area (TPSA) is 62.5 Å². The number of hydrogen-bond acceptors (Lipinski definition) is 3. The number of carboxylic acids is 1. The third-order valence-corrected chi connectivity index (χ3v) is 1.25. The van der Waals surface area contributed by atoms with Crippen molar-refractivity contribution in [3.05, 3.63) is 17.9 Å². The van der Waals surface area contributed by atoms with Crippen molar-refractivity contribution < 1.29 is 23.1 Å². The first kappa shape index (κ1) is 9.50. The zero-order valence-electron chi connectivity index (χ0n) is 6.46. The van der Waals surface area contributed by atoms with Gasteiger partial charge in [-0.25, -0.2) is 13.6 Å². The first-order valence-electron chi connectivity index (χ1n) is 3.44. The Balaban J connectivity index is 2.54. The molecule has 0 bridgehead atoms. The van der Waals surface area contributed by atoms with Gasteiger partial charge in [0.05, 0.1) is 6.54 Å². The summed E-state index contributed by atoms with van der Waals surface area (Å²) in [7, 11) is 0. The largest absolute Gasteiger partial charge is 0.475 e. The van der Waals surface area contributed by atoms with Crippen LogP contribution in [0.25, 0.3) is 0 Å². The second-order valence-electron chi connectivity index (χ2n) is 2.24. The lowest BCUT2D eigenvalue weighted by atomic mass is 10.4. The molecule has 0 saturated heterocycles. The Morgan fingerprint density at radius 1 is 1.62 bits per heavy atom. The van der Waals surface area contributed by atoms with Crippen LogP contribution in [0.15, 0.2) is 16.5 Å². The Morgan fingerprint density at radius 2 is 2.31 bits per heavy atom. The lowest BCUT2D eigenvalue weighted by molar-refractivity contribution is 0.0663. The van der Waals surface area contributed by atoms with Crippen molar-refractivity contribution in [2.24, 2.45) is 0 Å². The SMILES string of the molecule is O=C(O)c1ccc(NCC(F)F)o1. The van der Waals surface area contributed by atoms with Crippen molar-refractivity contribution >= 4 is 11.9 Å². The summed E-state index contributed by atoms with van der Waals surface area (Å²) in [6, 6.07) is 2.47. The fourth-order valence-corrected chi connectivity index (χ4v) is 0.726. The highest BCUT2D eigenvalue weighted by Gasteiger charge is 2.09. The highest BCUT2D eigenvalue weighted by molar-refractivity contribution is 5.84. The predicted molar refractivity (Wildman–Crippen MR) is 40.2 cm³/mol. The smallest absolute Gasteiger partial charge is 0.371 e. The number of halogens is 2. The predicted octanol–water partition coefficient (Wildman–Crippen LogP) is 1.65. The van der Waals surface area contributed by atoms with E-state index >= 15 is 0 Å². The summed E-state index contributed by atoms with van der Waals surface area (Å²) in [4.78, 5) is 10.3. The minimum Gasteiger partial charge on any atom is -0.475 e. The molecule has 0 fully saturated rings. The standard InChI is InChI=1S/C7H7F2NO3/c8-5(9)3-10-6-2-1-4(13-6)7(11)12/h1-2,5,10H,3H2,(H,11,12). The molecule has 1 rings (SSSR count). The number of alkyl halides is 2. The molecule has 0 aromatic carbocycles. The van der Waals surface area contributed by atoms with Crippen LogP contribution in [-0.2, 0) is 0 Å². The Kier molecular flexibility index (Phi) is 2.84. The van der Waals surface area contributed by atoms with Gasteiger partial charge in [-0.3, -0.25) is 0 Å². The number of anilines is 1. The van der Waals surface area contributed by atoms with Crippen molar-refractivity contribution in [2.45, 2.75) is 6.43 Å². The summed E-state index contributed by atoms with van der Waals surface area (Å²) in [5.74, 6) is -1.49. The Labute approximate surface area is 72.2 Å². The van der Waals surface area contributed by atoms with Crippen LogP contribution in [0.4, 0.5) is 14.7 Å². The molecule has 72 valence electrons. The number of carboxylic acid groups (broad SMARTS) is 1. The van der Waals surface area contributed by atoms with Crippen LogP contribution in [0, 0.1) is 0 Å². The lowest BCUT2D eigenvalue weighted by Crippen LogP contribution is -2.09. The fraction of sp³-hybridized carbons (Fsp3) is 0.286.